The number of benzene rings is 2. The number of piperidine rings is 1. The molecule has 1 aliphatic heterocycles. The minimum Gasteiger partial charge on any atom is -0.448 e. The van der Waals surface area contributed by atoms with E-state index in [1.54, 1.807) is 4.90 Å². The molecular weight excluding hydrogens is 342 g/mol. The first-order valence-electron chi connectivity index (χ1n) is 9.43. The second-order valence-electron chi connectivity index (χ2n) is 6.91. The Labute approximate surface area is 158 Å². The Morgan fingerprint density at radius 1 is 1.07 bits per heavy atom. The summed E-state index contributed by atoms with van der Waals surface area (Å²) in [6.07, 6.45) is -0.604. The van der Waals surface area contributed by atoms with Crippen molar-refractivity contribution in [1.82, 2.24) is 4.90 Å². The summed E-state index contributed by atoms with van der Waals surface area (Å²) in [5.41, 5.74) is 4.78. The number of ketones is 1. The molecule has 1 heterocycles. The van der Waals surface area contributed by atoms with Crippen molar-refractivity contribution < 1.29 is 19.1 Å². The van der Waals surface area contributed by atoms with Crippen LogP contribution in [-0.2, 0) is 14.3 Å². The minimum absolute atomic E-state index is 0.0375. The maximum Gasteiger partial charge on any atom is 0.409 e. The van der Waals surface area contributed by atoms with Gasteiger partial charge in [-0.05, 0) is 29.2 Å². The van der Waals surface area contributed by atoms with Gasteiger partial charge in [-0.15, -0.1) is 0 Å². The Morgan fingerprint density at radius 3 is 2.33 bits per heavy atom. The van der Waals surface area contributed by atoms with Crippen molar-refractivity contribution in [3.8, 4) is 11.1 Å². The Morgan fingerprint density at radius 2 is 1.70 bits per heavy atom. The van der Waals surface area contributed by atoms with E-state index in [-0.39, 0.29) is 30.9 Å². The van der Waals surface area contributed by atoms with Crippen LogP contribution in [0.3, 0.4) is 0 Å². The maximum absolute atomic E-state index is 12.6. The zero-order chi connectivity index (χ0) is 18.8. The van der Waals surface area contributed by atoms with Gasteiger partial charge < -0.3 is 14.4 Å². The summed E-state index contributed by atoms with van der Waals surface area (Å²) < 4.78 is 11.1. The number of likely N-dealkylation sites (tertiary alicyclic amines) is 1. The van der Waals surface area contributed by atoms with Gasteiger partial charge in [0.25, 0.3) is 0 Å². The summed E-state index contributed by atoms with van der Waals surface area (Å²) >= 11 is 0. The third-order valence-electron chi connectivity index (χ3n) is 5.34. The van der Waals surface area contributed by atoms with Gasteiger partial charge in [-0.2, -0.15) is 0 Å². The first-order valence-corrected chi connectivity index (χ1v) is 9.43. The molecule has 140 valence electrons. The monoisotopic (exact) mass is 365 g/mol. The predicted octanol–water partition coefficient (Wildman–Crippen LogP) is 3.62. The van der Waals surface area contributed by atoms with E-state index < -0.39 is 6.10 Å². The highest BCUT2D eigenvalue weighted by Gasteiger charge is 2.33. The number of rotatable bonds is 4. The molecule has 0 N–H and O–H groups in total. The van der Waals surface area contributed by atoms with Crippen LogP contribution in [0.5, 0.6) is 0 Å². The van der Waals surface area contributed by atoms with Crippen LogP contribution < -0.4 is 0 Å². The van der Waals surface area contributed by atoms with Gasteiger partial charge in [-0.1, -0.05) is 48.5 Å². The lowest BCUT2D eigenvalue weighted by Crippen LogP contribution is -2.48. The van der Waals surface area contributed by atoms with E-state index in [0.29, 0.717) is 19.6 Å². The summed E-state index contributed by atoms with van der Waals surface area (Å²) in [5, 5.41) is 0. The molecule has 27 heavy (non-hydrogen) atoms. The largest absolute Gasteiger partial charge is 0.448 e. The lowest BCUT2D eigenvalue weighted by molar-refractivity contribution is -0.134. The van der Waals surface area contributed by atoms with E-state index in [0.717, 1.165) is 0 Å². The summed E-state index contributed by atoms with van der Waals surface area (Å²) in [6.45, 7) is 3.24. The lowest BCUT2D eigenvalue weighted by atomic mass is 9.98. The molecule has 0 bridgehead atoms. The number of Topliss-reactive ketones (excluding diaryl/α,β-unsaturated/α-hetero) is 1. The van der Waals surface area contributed by atoms with E-state index in [9.17, 15) is 9.59 Å². The molecule has 0 saturated carbocycles. The number of amides is 1. The van der Waals surface area contributed by atoms with Gasteiger partial charge in [0.15, 0.2) is 5.78 Å². The minimum atomic E-state index is -0.538. The highest BCUT2D eigenvalue weighted by atomic mass is 16.6. The molecular formula is C22H23NO4. The van der Waals surface area contributed by atoms with Crippen LogP contribution in [0.15, 0.2) is 48.5 Å². The maximum atomic E-state index is 12.6. The number of carbonyl (C=O) groups is 2. The van der Waals surface area contributed by atoms with Crippen LogP contribution in [0.4, 0.5) is 4.79 Å². The molecule has 1 aliphatic carbocycles. The van der Waals surface area contributed by atoms with Gasteiger partial charge in [0, 0.05) is 25.5 Å². The number of hydrogen-bond acceptors (Lipinski definition) is 4. The fourth-order valence-electron chi connectivity index (χ4n) is 4.00. The SMILES string of the molecule is CCOC1CN(C(=O)OCC2c3ccccc3-c3ccccc32)CCC1=O. The smallest absolute Gasteiger partial charge is 0.409 e. The highest BCUT2D eigenvalue weighted by molar-refractivity contribution is 5.86. The molecule has 0 radical (unpaired) electrons. The summed E-state index contributed by atoms with van der Waals surface area (Å²) in [6, 6.07) is 16.5. The van der Waals surface area contributed by atoms with Crippen molar-refractivity contribution in [3.63, 3.8) is 0 Å². The molecule has 1 fully saturated rings. The fraction of sp³-hybridized carbons (Fsp3) is 0.364. The van der Waals surface area contributed by atoms with Crippen LogP contribution in [-0.4, -0.2) is 49.2 Å². The second-order valence-corrected chi connectivity index (χ2v) is 6.91. The third-order valence-corrected chi connectivity index (χ3v) is 5.34. The summed E-state index contributed by atoms with van der Waals surface area (Å²) in [7, 11) is 0. The standard InChI is InChI=1S/C22H23NO4/c1-2-26-21-13-23(12-11-20(21)24)22(25)27-14-19-17-9-5-3-7-15(17)16-8-4-6-10-18(16)19/h3-10,19,21H,2,11-14H2,1H3. The number of nitrogens with zero attached hydrogens (tertiary/aromatic N) is 1. The zero-order valence-electron chi connectivity index (χ0n) is 15.4. The first-order chi connectivity index (χ1) is 13.2. The topological polar surface area (TPSA) is 55.8 Å². The molecule has 4 rings (SSSR count). The average Bonchev–Trinajstić information content (AvgIpc) is 3.02. The Kier molecular flexibility index (Phi) is 4.94. The number of fused-ring (bicyclic) bond motifs is 3. The molecule has 1 unspecified atom stereocenters. The molecule has 1 atom stereocenters. The second kappa shape index (κ2) is 7.53. The summed E-state index contributed by atoms with van der Waals surface area (Å²) in [4.78, 5) is 26.0. The van der Waals surface area contributed by atoms with E-state index in [4.69, 9.17) is 9.47 Å². The lowest BCUT2D eigenvalue weighted by Gasteiger charge is -2.31. The highest BCUT2D eigenvalue weighted by Crippen LogP contribution is 2.44. The van der Waals surface area contributed by atoms with E-state index in [2.05, 4.69) is 24.3 Å². The van der Waals surface area contributed by atoms with Crippen molar-refractivity contribution in [2.75, 3.05) is 26.3 Å². The number of hydrogen-bond donors (Lipinski definition) is 0. The quantitative estimate of drug-likeness (QED) is 0.830. The van der Waals surface area contributed by atoms with Gasteiger partial charge in [0.1, 0.15) is 12.7 Å². The molecule has 1 amide bonds. The molecule has 0 aromatic heterocycles. The zero-order valence-corrected chi connectivity index (χ0v) is 15.4. The van der Waals surface area contributed by atoms with Crippen LogP contribution in [0, 0.1) is 0 Å². The molecule has 5 heteroatoms. The van der Waals surface area contributed by atoms with Gasteiger partial charge in [0.2, 0.25) is 0 Å². The predicted molar refractivity (Wildman–Crippen MR) is 102 cm³/mol. The fourth-order valence-corrected chi connectivity index (χ4v) is 4.00. The average molecular weight is 365 g/mol. The third kappa shape index (κ3) is 3.35. The number of ether oxygens (including phenoxy) is 2. The van der Waals surface area contributed by atoms with Crippen molar-refractivity contribution in [2.45, 2.75) is 25.4 Å². The Bertz CT molecular complexity index is 817. The van der Waals surface area contributed by atoms with Crippen molar-refractivity contribution in [3.05, 3.63) is 59.7 Å². The van der Waals surface area contributed by atoms with Crippen LogP contribution in [0.25, 0.3) is 11.1 Å². The molecule has 5 nitrogen and oxygen atoms in total. The van der Waals surface area contributed by atoms with Crippen molar-refractivity contribution >= 4 is 11.9 Å². The van der Waals surface area contributed by atoms with Crippen LogP contribution >= 0.6 is 0 Å². The molecule has 1 saturated heterocycles. The van der Waals surface area contributed by atoms with Crippen molar-refractivity contribution in [2.24, 2.45) is 0 Å². The van der Waals surface area contributed by atoms with Gasteiger partial charge in [0.05, 0.1) is 6.54 Å². The van der Waals surface area contributed by atoms with Gasteiger partial charge in [-0.3, -0.25) is 4.79 Å². The van der Waals surface area contributed by atoms with E-state index >= 15 is 0 Å². The van der Waals surface area contributed by atoms with E-state index in [1.807, 2.05) is 31.2 Å². The Hall–Kier alpha value is -2.66. The molecule has 2 aromatic rings. The number of carbonyl (C=O) groups excluding carboxylic acids is 2. The van der Waals surface area contributed by atoms with Crippen LogP contribution in [0.1, 0.15) is 30.4 Å². The first kappa shape index (κ1) is 17.7. The Balaban J connectivity index is 1.46. The molecule has 2 aliphatic rings. The van der Waals surface area contributed by atoms with Crippen molar-refractivity contribution in [1.29, 1.82) is 0 Å². The van der Waals surface area contributed by atoms with Crippen LogP contribution in [0.2, 0.25) is 0 Å². The van der Waals surface area contributed by atoms with E-state index in [1.165, 1.54) is 22.3 Å². The van der Waals surface area contributed by atoms with Gasteiger partial charge >= 0.3 is 6.09 Å². The van der Waals surface area contributed by atoms with Gasteiger partial charge in [-0.25, -0.2) is 4.79 Å². The summed E-state index contributed by atoms with van der Waals surface area (Å²) in [5.74, 6) is 0.0926. The molecule has 2 aromatic carbocycles. The normalized spacial score (nSPS) is 18.9. The molecule has 0 spiro atoms.